The molecule has 0 spiro atoms. The van der Waals surface area contributed by atoms with Crippen LogP contribution < -0.4 is 10.6 Å². The van der Waals surface area contributed by atoms with Crippen molar-refractivity contribution in [3.05, 3.63) is 18.5 Å². The molecule has 114 valence electrons. The second-order valence-electron chi connectivity index (χ2n) is 4.97. The zero-order valence-electron chi connectivity index (χ0n) is 13.0. The Balaban J connectivity index is 2.20. The summed E-state index contributed by atoms with van der Waals surface area (Å²) in [5, 5.41) is 10.8. The third-order valence-electron chi connectivity index (χ3n) is 2.79. The van der Waals surface area contributed by atoms with Gasteiger partial charge < -0.3 is 15.5 Å². The summed E-state index contributed by atoms with van der Waals surface area (Å²) in [6.45, 7) is 6.73. The predicted octanol–water partition coefficient (Wildman–Crippen LogP) is 0.780. The van der Waals surface area contributed by atoms with E-state index >= 15 is 0 Å². The number of hydrogen-bond acceptors (Lipinski definition) is 3. The number of hydrogen-bond donors (Lipinski definition) is 2. The third kappa shape index (κ3) is 7.78. The minimum atomic E-state index is 0.808. The Morgan fingerprint density at radius 3 is 2.80 bits per heavy atom. The van der Waals surface area contributed by atoms with Gasteiger partial charge in [0.05, 0.1) is 0 Å². The summed E-state index contributed by atoms with van der Waals surface area (Å²) in [5.41, 5.74) is 0. The molecule has 0 fully saturated rings. The van der Waals surface area contributed by atoms with Crippen LogP contribution in [0.5, 0.6) is 0 Å². The lowest BCUT2D eigenvalue weighted by atomic mass is 10.4. The number of nitrogens with zero attached hydrogens (tertiary/aromatic N) is 4. The van der Waals surface area contributed by atoms with Crippen molar-refractivity contribution in [2.75, 3.05) is 40.3 Å². The molecule has 0 amide bonds. The maximum atomic E-state index is 4.57. The van der Waals surface area contributed by atoms with E-state index in [9.17, 15) is 0 Å². The van der Waals surface area contributed by atoms with Crippen LogP contribution in [-0.2, 0) is 6.54 Å². The molecule has 2 N–H and O–H groups in total. The minimum Gasteiger partial charge on any atom is -0.357 e. The molecule has 0 saturated heterocycles. The van der Waals surface area contributed by atoms with E-state index in [4.69, 9.17) is 0 Å². The average Bonchev–Trinajstić information content (AvgIpc) is 2.92. The fraction of sp³-hybridized carbons (Fsp3) is 0.714. The fourth-order valence-corrected chi connectivity index (χ4v) is 1.80. The van der Waals surface area contributed by atoms with Crippen molar-refractivity contribution >= 4 is 5.96 Å². The van der Waals surface area contributed by atoms with Gasteiger partial charge in [0, 0.05) is 38.6 Å². The lowest BCUT2D eigenvalue weighted by molar-refractivity contribution is 0.399. The highest BCUT2D eigenvalue weighted by Gasteiger charge is 1.97. The lowest BCUT2D eigenvalue weighted by Gasteiger charge is -2.13. The van der Waals surface area contributed by atoms with Crippen molar-refractivity contribution in [2.24, 2.45) is 4.99 Å². The Morgan fingerprint density at radius 1 is 1.30 bits per heavy atom. The molecule has 6 heteroatoms. The van der Waals surface area contributed by atoms with Gasteiger partial charge in [0.15, 0.2) is 5.96 Å². The van der Waals surface area contributed by atoms with Crippen LogP contribution in [0.1, 0.15) is 19.8 Å². The first-order valence-corrected chi connectivity index (χ1v) is 7.36. The van der Waals surface area contributed by atoms with Gasteiger partial charge in [-0.1, -0.05) is 0 Å². The molecular formula is C14H28N6. The van der Waals surface area contributed by atoms with E-state index in [1.807, 2.05) is 16.9 Å². The number of nitrogens with one attached hydrogen (secondary N) is 2. The Labute approximate surface area is 122 Å². The van der Waals surface area contributed by atoms with E-state index in [1.54, 1.807) is 6.20 Å². The molecule has 1 aromatic rings. The van der Waals surface area contributed by atoms with Crippen LogP contribution in [0.2, 0.25) is 0 Å². The molecular weight excluding hydrogens is 252 g/mol. The lowest BCUT2D eigenvalue weighted by Crippen LogP contribution is -2.38. The zero-order chi connectivity index (χ0) is 14.6. The second-order valence-corrected chi connectivity index (χ2v) is 4.97. The highest BCUT2D eigenvalue weighted by Crippen LogP contribution is 1.90. The van der Waals surface area contributed by atoms with Crippen LogP contribution in [0, 0.1) is 0 Å². The average molecular weight is 280 g/mol. The fourth-order valence-electron chi connectivity index (χ4n) is 1.80. The molecule has 0 radical (unpaired) electrons. The monoisotopic (exact) mass is 280 g/mol. The standard InChI is InChI=1S/C14H28N6/c1-4-15-14(16-8-5-11-19(2)3)17-9-6-12-20-13-7-10-18-20/h7,10,13H,4-6,8-9,11-12H2,1-3H3,(H2,15,16,17). The molecule has 1 rings (SSSR count). The summed E-state index contributed by atoms with van der Waals surface area (Å²) in [6.07, 6.45) is 5.90. The van der Waals surface area contributed by atoms with E-state index in [0.29, 0.717) is 0 Å². The highest BCUT2D eigenvalue weighted by molar-refractivity contribution is 5.79. The molecule has 0 saturated carbocycles. The van der Waals surface area contributed by atoms with Crippen molar-refractivity contribution in [3.8, 4) is 0 Å². The maximum absolute atomic E-state index is 4.57. The Morgan fingerprint density at radius 2 is 2.15 bits per heavy atom. The Bertz CT molecular complexity index is 358. The summed E-state index contributed by atoms with van der Waals surface area (Å²) in [6, 6.07) is 1.94. The van der Waals surface area contributed by atoms with E-state index in [1.165, 1.54) is 0 Å². The second kappa shape index (κ2) is 10.3. The van der Waals surface area contributed by atoms with Crippen LogP contribution in [0.3, 0.4) is 0 Å². The van der Waals surface area contributed by atoms with Gasteiger partial charge in [-0.2, -0.15) is 5.10 Å². The highest BCUT2D eigenvalue weighted by atomic mass is 15.3. The van der Waals surface area contributed by atoms with E-state index in [2.05, 4.69) is 46.6 Å². The van der Waals surface area contributed by atoms with Crippen molar-refractivity contribution in [1.29, 1.82) is 0 Å². The van der Waals surface area contributed by atoms with Crippen LogP contribution >= 0.6 is 0 Å². The van der Waals surface area contributed by atoms with Gasteiger partial charge in [0.25, 0.3) is 0 Å². The summed E-state index contributed by atoms with van der Waals surface area (Å²) in [5.74, 6) is 0.909. The van der Waals surface area contributed by atoms with Crippen LogP contribution in [-0.4, -0.2) is 60.9 Å². The minimum absolute atomic E-state index is 0.808. The first-order chi connectivity index (χ1) is 9.72. The number of rotatable bonds is 9. The van der Waals surface area contributed by atoms with Gasteiger partial charge in [0.1, 0.15) is 0 Å². The number of aryl methyl sites for hydroxylation is 1. The summed E-state index contributed by atoms with van der Waals surface area (Å²) in [7, 11) is 4.18. The molecule has 1 aromatic heterocycles. The SMILES string of the molecule is CCNC(=NCCCn1cccn1)NCCCN(C)C. The quantitative estimate of drug-likeness (QED) is 0.399. The van der Waals surface area contributed by atoms with E-state index in [0.717, 1.165) is 51.5 Å². The molecule has 6 nitrogen and oxygen atoms in total. The predicted molar refractivity (Wildman–Crippen MR) is 84.0 cm³/mol. The summed E-state index contributed by atoms with van der Waals surface area (Å²) >= 11 is 0. The first kappa shape index (κ1) is 16.5. The number of aliphatic imine (C=N–C) groups is 1. The van der Waals surface area contributed by atoms with Crippen LogP contribution in [0.25, 0.3) is 0 Å². The maximum Gasteiger partial charge on any atom is 0.191 e. The van der Waals surface area contributed by atoms with Crippen molar-refractivity contribution in [3.63, 3.8) is 0 Å². The number of aromatic nitrogens is 2. The van der Waals surface area contributed by atoms with Gasteiger partial charge in [-0.25, -0.2) is 0 Å². The topological polar surface area (TPSA) is 57.5 Å². The molecule has 0 aliphatic heterocycles. The number of guanidine groups is 1. The van der Waals surface area contributed by atoms with Gasteiger partial charge in [0.2, 0.25) is 0 Å². The van der Waals surface area contributed by atoms with Gasteiger partial charge >= 0.3 is 0 Å². The largest absolute Gasteiger partial charge is 0.357 e. The normalized spacial score (nSPS) is 11.9. The Hall–Kier alpha value is -1.56. The van der Waals surface area contributed by atoms with Gasteiger partial charge in [-0.05, 0) is 46.5 Å². The molecule has 0 aliphatic rings. The molecule has 20 heavy (non-hydrogen) atoms. The molecule has 0 unspecified atom stereocenters. The summed E-state index contributed by atoms with van der Waals surface area (Å²) in [4.78, 5) is 6.76. The van der Waals surface area contributed by atoms with E-state index in [-0.39, 0.29) is 0 Å². The Kier molecular flexibility index (Phi) is 8.46. The molecule has 1 heterocycles. The molecule has 0 atom stereocenters. The van der Waals surface area contributed by atoms with Gasteiger partial charge in [-0.3, -0.25) is 9.67 Å². The van der Waals surface area contributed by atoms with Crippen molar-refractivity contribution < 1.29 is 0 Å². The van der Waals surface area contributed by atoms with Gasteiger partial charge in [-0.15, -0.1) is 0 Å². The third-order valence-corrected chi connectivity index (χ3v) is 2.79. The summed E-state index contributed by atoms with van der Waals surface area (Å²) < 4.78 is 1.94. The molecule has 0 aromatic carbocycles. The zero-order valence-corrected chi connectivity index (χ0v) is 13.0. The van der Waals surface area contributed by atoms with Crippen molar-refractivity contribution in [1.82, 2.24) is 25.3 Å². The van der Waals surface area contributed by atoms with Crippen LogP contribution in [0.15, 0.2) is 23.5 Å². The van der Waals surface area contributed by atoms with Crippen molar-refractivity contribution in [2.45, 2.75) is 26.3 Å². The molecule has 0 bridgehead atoms. The van der Waals surface area contributed by atoms with Crippen LogP contribution in [0.4, 0.5) is 0 Å². The first-order valence-electron chi connectivity index (χ1n) is 7.36. The van der Waals surface area contributed by atoms with E-state index < -0.39 is 0 Å². The molecule has 0 aliphatic carbocycles. The smallest absolute Gasteiger partial charge is 0.191 e.